The Balaban J connectivity index is 1.50. The van der Waals surface area contributed by atoms with E-state index in [1.54, 1.807) is 17.0 Å². The molecule has 3 N–H and O–H groups in total. The average molecular weight is 410 g/mol. The number of nitrogens with two attached hydrogens (primary N) is 1. The van der Waals surface area contributed by atoms with Gasteiger partial charge < -0.3 is 20.6 Å². The average Bonchev–Trinajstić information content (AvgIpc) is 2.79. The normalized spacial score (nSPS) is 19.6. The highest BCUT2D eigenvalue weighted by atomic mass is 16.6. The second kappa shape index (κ2) is 10.4. The highest BCUT2D eigenvalue weighted by molar-refractivity contribution is 6.00. The molecule has 1 fully saturated rings. The van der Waals surface area contributed by atoms with Crippen molar-refractivity contribution in [2.24, 2.45) is 10.9 Å². The summed E-state index contributed by atoms with van der Waals surface area (Å²) in [6.45, 7) is 3.38. The first-order valence-electron chi connectivity index (χ1n) is 10.5. The third kappa shape index (κ3) is 5.90. The van der Waals surface area contributed by atoms with Crippen molar-refractivity contribution in [1.29, 1.82) is 0 Å². The fourth-order valence-electron chi connectivity index (χ4n) is 3.68. The van der Waals surface area contributed by atoms with Crippen LogP contribution in [-0.4, -0.2) is 53.5 Å². The van der Waals surface area contributed by atoms with Crippen LogP contribution in [0, 0.1) is 0 Å². The lowest BCUT2D eigenvalue weighted by molar-refractivity contribution is 0.0559. The van der Waals surface area contributed by atoms with Gasteiger partial charge in [0.1, 0.15) is 6.61 Å². The van der Waals surface area contributed by atoms with Crippen molar-refractivity contribution in [2.75, 3.05) is 26.3 Å². The van der Waals surface area contributed by atoms with E-state index in [2.05, 4.69) is 17.3 Å². The van der Waals surface area contributed by atoms with Crippen LogP contribution in [0.3, 0.4) is 0 Å². The molecule has 160 valence electrons. The molecule has 1 aliphatic rings. The van der Waals surface area contributed by atoms with E-state index in [1.807, 2.05) is 37.3 Å². The molecule has 1 atom stereocenters. The van der Waals surface area contributed by atoms with Gasteiger partial charge in [-0.15, -0.1) is 0 Å². The first kappa shape index (κ1) is 22.0. The lowest BCUT2D eigenvalue weighted by Gasteiger charge is -2.39. The molecule has 30 heavy (non-hydrogen) atoms. The Morgan fingerprint density at radius 1 is 1.17 bits per heavy atom. The fraction of sp³-hybridized carbons (Fsp3) is 0.417. The lowest BCUT2D eigenvalue weighted by Crippen LogP contribution is -2.57. The second-order valence-electron chi connectivity index (χ2n) is 8.03. The van der Waals surface area contributed by atoms with Gasteiger partial charge in [-0.1, -0.05) is 47.6 Å². The van der Waals surface area contributed by atoms with Gasteiger partial charge in [0.05, 0.1) is 17.9 Å². The molecule has 0 spiro atoms. The zero-order valence-electron chi connectivity index (χ0n) is 17.6. The Bertz CT molecular complexity index is 852. The van der Waals surface area contributed by atoms with Crippen molar-refractivity contribution in [3.8, 4) is 0 Å². The van der Waals surface area contributed by atoms with Gasteiger partial charge in [0, 0.05) is 18.7 Å². The van der Waals surface area contributed by atoms with Gasteiger partial charge in [-0.2, -0.15) is 0 Å². The summed E-state index contributed by atoms with van der Waals surface area (Å²) in [6, 6.07) is 17.7. The van der Waals surface area contributed by atoms with Crippen LogP contribution in [0.1, 0.15) is 47.7 Å². The van der Waals surface area contributed by atoms with Gasteiger partial charge in [0.15, 0.2) is 0 Å². The summed E-state index contributed by atoms with van der Waals surface area (Å²) in [5.74, 6) is -0.0590. The molecule has 2 aromatic carbocycles. The number of benzene rings is 2. The van der Waals surface area contributed by atoms with Gasteiger partial charge >= 0.3 is 0 Å². The Morgan fingerprint density at radius 2 is 1.87 bits per heavy atom. The van der Waals surface area contributed by atoms with Gasteiger partial charge in [0.25, 0.3) is 5.91 Å². The number of rotatable bonds is 8. The number of hydrogen-bond donors (Lipinski definition) is 2. The van der Waals surface area contributed by atoms with E-state index in [4.69, 9.17) is 10.6 Å². The molecule has 0 aliphatic carbocycles. The van der Waals surface area contributed by atoms with Crippen LogP contribution in [-0.2, 0) is 11.3 Å². The molecule has 0 saturated carbocycles. The minimum atomic E-state index is -0.699. The number of carbonyl (C=O) groups is 1. The number of likely N-dealkylation sites (tertiary alicyclic amines) is 1. The monoisotopic (exact) mass is 409 g/mol. The fourth-order valence-corrected chi connectivity index (χ4v) is 3.68. The minimum absolute atomic E-state index is 0.0590. The smallest absolute Gasteiger partial charge is 0.253 e. The second-order valence-corrected chi connectivity index (χ2v) is 8.03. The number of carbonyl (C=O) groups excluding carboxylic acids is 1. The van der Waals surface area contributed by atoms with E-state index < -0.39 is 5.54 Å². The topological polar surface area (TPSA) is 88.2 Å². The number of amides is 1. The molecule has 1 heterocycles. The van der Waals surface area contributed by atoms with E-state index in [1.165, 1.54) is 5.56 Å². The number of aliphatic hydroxyl groups excluding tert-OH is 1. The van der Waals surface area contributed by atoms with E-state index in [0.717, 1.165) is 37.0 Å². The van der Waals surface area contributed by atoms with Gasteiger partial charge in [-0.3, -0.25) is 4.79 Å². The maximum atomic E-state index is 12.8. The summed E-state index contributed by atoms with van der Waals surface area (Å²) in [7, 11) is 0. The highest BCUT2D eigenvalue weighted by Gasteiger charge is 2.33. The number of aliphatic hydroxyl groups is 1. The molecule has 3 rings (SSSR count). The summed E-state index contributed by atoms with van der Waals surface area (Å²) in [5.41, 5.74) is 9.04. The van der Waals surface area contributed by atoms with Crippen LogP contribution < -0.4 is 5.73 Å². The number of oxime groups is 1. The maximum absolute atomic E-state index is 12.8. The third-order valence-electron chi connectivity index (χ3n) is 5.51. The molecule has 0 radical (unpaired) electrons. The van der Waals surface area contributed by atoms with Crippen molar-refractivity contribution in [3.05, 3.63) is 71.3 Å². The van der Waals surface area contributed by atoms with E-state index in [9.17, 15) is 9.90 Å². The highest BCUT2D eigenvalue weighted by Crippen LogP contribution is 2.20. The quantitative estimate of drug-likeness (QED) is 0.399. The zero-order valence-corrected chi connectivity index (χ0v) is 17.6. The first-order valence-corrected chi connectivity index (χ1v) is 10.5. The number of aryl methyl sites for hydroxylation is 1. The molecule has 0 aromatic heterocycles. The molecule has 1 unspecified atom stereocenters. The summed E-state index contributed by atoms with van der Waals surface area (Å²) in [6.07, 6.45) is 3.39. The van der Waals surface area contributed by atoms with Crippen molar-refractivity contribution >= 4 is 11.6 Å². The summed E-state index contributed by atoms with van der Waals surface area (Å²) in [5, 5.41) is 13.7. The predicted molar refractivity (Wildman–Crippen MR) is 119 cm³/mol. The van der Waals surface area contributed by atoms with Gasteiger partial charge in [0.2, 0.25) is 0 Å². The lowest BCUT2D eigenvalue weighted by atomic mass is 9.90. The molecule has 6 nitrogen and oxygen atoms in total. The van der Waals surface area contributed by atoms with E-state index in [-0.39, 0.29) is 12.5 Å². The molecular formula is C24H31N3O3. The van der Waals surface area contributed by atoms with Crippen LogP contribution in [0.25, 0.3) is 0 Å². The zero-order chi connectivity index (χ0) is 21.4. The molecule has 1 amide bonds. The van der Waals surface area contributed by atoms with Crippen LogP contribution in [0.15, 0.2) is 59.8 Å². The van der Waals surface area contributed by atoms with Gasteiger partial charge in [-0.05, 0) is 55.9 Å². The van der Waals surface area contributed by atoms with E-state index >= 15 is 0 Å². The third-order valence-corrected chi connectivity index (χ3v) is 5.51. The number of piperidine rings is 1. The van der Waals surface area contributed by atoms with Crippen molar-refractivity contribution in [3.63, 3.8) is 0 Å². The predicted octanol–water partition coefficient (Wildman–Crippen LogP) is 2.99. The van der Waals surface area contributed by atoms with Crippen LogP contribution in [0.2, 0.25) is 0 Å². The molecule has 1 saturated heterocycles. The Morgan fingerprint density at radius 3 is 2.57 bits per heavy atom. The number of hydrogen-bond acceptors (Lipinski definition) is 5. The van der Waals surface area contributed by atoms with Gasteiger partial charge in [-0.25, -0.2) is 0 Å². The standard InChI is InChI=1S/C24H31N3O3/c1-19(26-30-16-5-9-20-7-3-2-4-8-20)21-10-12-22(13-11-21)23(29)27-15-6-14-24(25,17-27)18-28/h2-4,7-8,10-13,28H,5-6,9,14-18,25H2,1H3/b26-19+. The Hall–Kier alpha value is -2.70. The summed E-state index contributed by atoms with van der Waals surface area (Å²) >= 11 is 0. The molecule has 0 bridgehead atoms. The minimum Gasteiger partial charge on any atom is -0.396 e. The Labute approximate surface area is 178 Å². The van der Waals surface area contributed by atoms with Crippen LogP contribution in [0.5, 0.6) is 0 Å². The largest absolute Gasteiger partial charge is 0.396 e. The van der Waals surface area contributed by atoms with Crippen LogP contribution in [0.4, 0.5) is 0 Å². The molecule has 6 heteroatoms. The SMILES string of the molecule is C/C(=N\OCCCc1ccccc1)c1ccc(C(=O)N2CCCC(N)(CO)C2)cc1. The molecule has 1 aliphatic heterocycles. The maximum Gasteiger partial charge on any atom is 0.253 e. The molecular weight excluding hydrogens is 378 g/mol. The summed E-state index contributed by atoms with van der Waals surface area (Å²) < 4.78 is 0. The number of nitrogens with zero attached hydrogens (tertiary/aromatic N) is 2. The van der Waals surface area contributed by atoms with E-state index in [0.29, 0.717) is 25.3 Å². The van der Waals surface area contributed by atoms with Crippen LogP contribution >= 0.6 is 0 Å². The molecule has 2 aromatic rings. The first-order chi connectivity index (χ1) is 14.5. The van der Waals surface area contributed by atoms with Crippen molar-refractivity contribution in [2.45, 2.75) is 38.1 Å². The Kier molecular flexibility index (Phi) is 7.60. The van der Waals surface area contributed by atoms with Crippen molar-refractivity contribution < 1.29 is 14.7 Å². The van der Waals surface area contributed by atoms with Crippen molar-refractivity contribution in [1.82, 2.24) is 4.90 Å². The summed E-state index contributed by atoms with van der Waals surface area (Å²) in [4.78, 5) is 20.0.